The zero-order valence-corrected chi connectivity index (χ0v) is 19.7. The highest BCUT2D eigenvalue weighted by Crippen LogP contribution is 2.29. The maximum Gasteiger partial charge on any atom is 0.329 e. The summed E-state index contributed by atoms with van der Waals surface area (Å²) in [6, 6.07) is 5.22. The molecule has 0 spiro atoms. The number of hydrogen-bond donors (Lipinski definition) is 1. The van der Waals surface area contributed by atoms with Gasteiger partial charge in [0, 0.05) is 5.75 Å². The van der Waals surface area contributed by atoms with Crippen molar-refractivity contribution in [1.82, 2.24) is 10.2 Å². The number of hydrogen-bond acceptors (Lipinski definition) is 8. The van der Waals surface area contributed by atoms with Crippen LogP contribution in [0.2, 0.25) is 0 Å². The van der Waals surface area contributed by atoms with E-state index in [9.17, 15) is 19.2 Å². The second kappa shape index (κ2) is 10.0. The van der Waals surface area contributed by atoms with Gasteiger partial charge in [-0.1, -0.05) is 12.1 Å². The Kier molecular flexibility index (Phi) is 7.61. The van der Waals surface area contributed by atoms with Crippen LogP contribution in [0.4, 0.5) is 0 Å². The molecule has 1 aromatic rings. The van der Waals surface area contributed by atoms with Crippen LogP contribution in [0.1, 0.15) is 67.7 Å². The SMILES string of the molecule is CCOC(=O)[C@@H]1CSC(CCC[C@@H](C(=O)OC(C)(C)C)N2C(=O)c3ccccc3C2=O)N1. The molecule has 174 valence electrons. The van der Waals surface area contributed by atoms with Crippen molar-refractivity contribution >= 4 is 35.5 Å². The predicted octanol–water partition coefficient (Wildman–Crippen LogP) is 2.76. The molecule has 2 amide bonds. The number of amides is 2. The third-order valence-electron chi connectivity index (χ3n) is 5.18. The minimum atomic E-state index is -1.01. The number of carbonyl (C=O) groups excluding carboxylic acids is 4. The Morgan fingerprint density at radius 1 is 1.19 bits per heavy atom. The van der Waals surface area contributed by atoms with Gasteiger partial charge in [0.1, 0.15) is 17.7 Å². The Balaban J connectivity index is 1.67. The number of nitrogens with zero attached hydrogens (tertiary/aromatic N) is 1. The zero-order valence-electron chi connectivity index (χ0n) is 18.9. The zero-order chi connectivity index (χ0) is 23.5. The van der Waals surface area contributed by atoms with E-state index in [-0.39, 0.29) is 23.8 Å². The molecule has 0 aliphatic carbocycles. The molecule has 0 bridgehead atoms. The number of imide groups is 1. The van der Waals surface area contributed by atoms with Crippen LogP contribution in [0.3, 0.4) is 0 Å². The summed E-state index contributed by atoms with van der Waals surface area (Å²) in [6.07, 6.45) is 1.52. The highest BCUT2D eigenvalue weighted by atomic mass is 32.2. The van der Waals surface area contributed by atoms with E-state index in [4.69, 9.17) is 9.47 Å². The number of esters is 2. The molecule has 0 aromatic heterocycles. The van der Waals surface area contributed by atoms with Gasteiger partial charge in [-0.15, -0.1) is 11.8 Å². The van der Waals surface area contributed by atoms with Crippen LogP contribution in [-0.4, -0.2) is 64.1 Å². The van der Waals surface area contributed by atoms with Crippen LogP contribution < -0.4 is 5.32 Å². The monoisotopic (exact) mass is 462 g/mol. The topological polar surface area (TPSA) is 102 Å². The molecule has 8 nitrogen and oxygen atoms in total. The Labute approximate surface area is 192 Å². The Morgan fingerprint density at radius 3 is 2.38 bits per heavy atom. The van der Waals surface area contributed by atoms with Crippen molar-refractivity contribution in [3.05, 3.63) is 35.4 Å². The van der Waals surface area contributed by atoms with Crippen LogP contribution in [0.15, 0.2) is 24.3 Å². The summed E-state index contributed by atoms with van der Waals surface area (Å²) in [5, 5.41) is 3.28. The van der Waals surface area contributed by atoms with E-state index < -0.39 is 29.4 Å². The molecule has 3 atom stereocenters. The van der Waals surface area contributed by atoms with Gasteiger partial charge in [-0.25, -0.2) is 4.79 Å². The van der Waals surface area contributed by atoms with E-state index in [1.54, 1.807) is 63.7 Å². The molecule has 1 saturated heterocycles. The summed E-state index contributed by atoms with van der Waals surface area (Å²) in [7, 11) is 0. The van der Waals surface area contributed by atoms with Crippen LogP contribution >= 0.6 is 11.8 Å². The van der Waals surface area contributed by atoms with Crippen LogP contribution in [0, 0.1) is 0 Å². The first-order chi connectivity index (χ1) is 15.1. The minimum Gasteiger partial charge on any atom is -0.465 e. The van der Waals surface area contributed by atoms with Crippen molar-refractivity contribution in [2.24, 2.45) is 0 Å². The first kappa shape index (κ1) is 24.3. The van der Waals surface area contributed by atoms with Crippen LogP contribution in [0.25, 0.3) is 0 Å². The number of thioether (sulfide) groups is 1. The predicted molar refractivity (Wildman–Crippen MR) is 120 cm³/mol. The molecule has 9 heteroatoms. The molecule has 32 heavy (non-hydrogen) atoms. The van der Waals surface area contributed by atoms with E-state index in [1.165, 1.54) is 0 Å². The maximum atomic E-state index is 13.0. The van der Waals surface area contributed by atoms with Gasteiger partial charge in [-0.05, 0) is 59.1 Å². The van der Waals surface area contributed by atoms with Crippen LogP contribution in [-0.2, 0) is 19.1 Å². The standard InChI is InChI=1S/C23H30N2O6S/c1-5-30-21(28)16-13-32-18(24-16)12-8-11-17(22(29)31-23(2,3)4)25-19(26)14-9-6-7-10-15(14)20(25)27/h6-7,9-10,16-18,24H,5,8,11-13H2,1-4H3/t16-,17-,18?/m0/s1. The molecule has 0 radical (unpaired) electrons. The highest BCUT2D eigenvalue weighted by Gasteiger charge is 2.44. The second-order valence-electron chi connectivity index (χ2n) is 8.80. The van der Waals surface area contributed by atoms with Gasteiger partial charge in [0.05, 0.1) is 23.1 Å². The van der Waals surface area contributed by atoms with Gasteiger partial charge in [0.2, 0.25) is 0 Å². The summed E-state index contributed by atoms with van der Waals surface area (Å²) in [4.78, 5) is 51.8. The van der Waals surface area contributed by atoms with Crippen molar-refractivity contribution in [3.8, 4) is 0 Å². The van der Waals surface area contributed by atoms with E-state index in [0.717, 1.165) is 4.90 Å². The quantitative estimate of drug-likeness (QED) is 0.465. The van der Waals surface area contributed by atoms with Crippen molar-refractivity contribution in [3.63, 3.8) is 0 Å². The Hall–Kier alpha value is -2.39. The van der Waals surface area contributed by atoms with Gasteiger partial charge in [-0.3, -0.25) is 24.6 Å². The van der Waals surface area contributed by atoms with Gasteiger partial charge < -0.3 is 9.47 Å². The number of ether oxygens (including phenoxy) is 2. The molecule has 2 heterocycles. The lowest BCUT2D eigenvalue weighted by atomic mass is 10.1. The van der Waals surface area contributed by atoms with E-state index in [2.05, 4.69) is 5.32 Å². The molecule has 1 fully saturated rings. The first-order valence-corrected chi connectivity index (χ1v) is 11.9. The van der Waals surface area contributed by atoms with E-state index in [0.29, 0.717) is 36.3 Å². The minimum absolute atomic E-state index is 0.0332. The summed E-state index contributed by atoms with van der Waals surface area (Å²) in [5.74, 6) is -1.18. The third-order valence-corrected chi connectivity index (χ3v) is 6.48. The largest absolute Gasteiger partial charge is 0.465 e. The molecule has 2 aliphatic rings. The Bertz CT molecular complexity index is 862. The van der Waals surface area contributed by atoms with E-state index >= 15 is 0 Å². The lowest BCUT2D eigenvalue weighted by molar-refractivity contribution is -0.160. The van der Waals surface area contributed by atoms with E-state index in [1.807, 2.05) is 0 Å². The summed E-state index contributed by atoms with van der Waals surface area (Å²) < 4.78 is 10.6. The average Bonchev–Trinajstić information content (AvgIpc) is 3.29. The molecule has 0 saturated carbocycles. The molecular weight excluding hydrogens is 432 g/mol. The summed E-state index contributed by atoms with van der Waals surface area (Å²) in [6.45, 7) is 7.36. The summed E-state index contributed by atoms with van der Waals surface area (Å²) >= 11 is 1.62. The Morgan fingerprint density at radius 2 is 1.81 bits per heavy atom. The van der Waals surface area contributed by atoms with Crippen LogP contribution in [0.5, 0.6) is 0 Å². The lowest BCUT2D eigenvalue weighted by Gasteiger charge is -2.29. The second-order valence-corrected chi connectivity index (χ2v) is 10.0. The first-order valence-electron chi connectivity index (χ1n) is 10.9. The van der Waals surface area contributed by atoms with Gasteiger partial charge in [0.15, 0.2) is 0 Å². The van der Waals surface area contributed by atoms with Gasteiger partial charge in [0.25, 0.3) is 11.8 Å². The normalized spacial score (nSPS) is 21.4. The fraction of sp³-hybridized carbons (Fsp3) is 0.565. The van der Waals surface area contributed by atoms with Gasteiger partial charge in [-0.2, -0.15) is 0 Å². The average molecular weight is 463 g/mol. The number of benzene rings is 1. The lowest BCUT2D eigenvalue weighted by Crippen LogP contribution is -2.47. The summed E-state index contributed by atoms with van der Waals surface area (Å²) in [5.41, 5.74) is -0.142. The molecule has 1 aromatic carbocycles. The smallest absolute Gasteiger partial charge is 0.329 e. The number of rotatable bonds is 8. The number of nitrogens with one attached hydrogen (secondary N) is 1. The van der Waals surface area contributed by atoms with Crippen molar-refractivity contribution < 1.29 is 28.7 Å². The fourth-order valence-electron chi connectivity index (χ4n) is 3.79. The van der Waals surface area contributed by atoms with Crippen molar-refractivity contribution in [2.75, 3.05) is 12.4 Å². The number of fused-ring (bicyclic) bond motifs is 1. The molecule has 2 aliphatic heterocycles. The molecular formula is C23H30N2O6S. The maximum absolute atomic E-state index is 13.0. The molecule has 3 rings (SSSR count). The van der Waals surface area contributed by atoms with Gasteiger partial charge >= 0.3 is 11.9 Å². The third kappa shape index (κ3) is 5.50. The molecule has 1 unspecified atom stereocenters. The molecule has 1 N–H and O–H groups in total. The highest BCUT2D eigenvalue weighted by molar-refractivity contribution is 8.00. The fourth-order valence-corrected chi connectivity index (χ4v) is 5.04. The van der Waals surface area contributed by atoms with Crippen molar-refractivity contribution in [1.29, 1.82) is 0 Å². The number of carbonyl (C=O) groups is 4. The van der Waals surface area contributed by atoms with Crippen molar-refractivity contribution in [2.45, 2.75) is 70.0 Å².